The van der Waals surface area contributed by atoms with E-state index in [1.54, 1.807) is 13.2 Å². The lowest BCUT2D eigenvalue weighted by molar-refractivity contribution is 0.687. The number of nitrogens with two attached hydrogens (primary N) is 1. The lowest BCUT2D eigenvalue weighted by Gasteiger charge is -2.09. The number of anilines is 2. The predicted molar refractivity (Wildman–Crippen MR) is 63.6 cm³/mol. The van der Waals surface area contributed by atoms with Crippen LogP contribution in [0.4, 0.5) is 11.5 Å². The smallest absolute Gasteiger partial charge is 0.224 e. The number of halogens is 1. The molecule has 0 amide bonds. The maximum atomic E-state index is 10.8. The van der Waals surface area contributed by atoms with E-state index in [1.807, 2.05) is 0 Å². The van der Waals surface area contributed by atoms with Crippen molar-refractivity contribution in [1.29, 1.82) is 0 Å². The number of aryl methyl sites for hydroxylation is 1. The number of nitrogen functional groups attached to an aromatic ring is 1. The van der Waals surface area contributed by atoms with E-state index in [2.05, 4.69) is 15.3 Å². The first-order valence-electron chi connectivity index (χ1n) is 4.34. The normalized spacial score (nSPS) is 12.5. The van der Waals surface area contributed by atoms with Crippen molar-refractivity contribution in [3.8, 4) is 0 Å². The van der Waals surface area contributed by atoms with Crippen LogP contribution in [0.25, 0.3) is 0 Å². The fourth-order valence-corrected chi connectivity index (χ4v) is 1.60. The molecule has 0 spiro atoms. The molecule has 5 nitrogen and oxygen atoms in total. The van der Waals surface area contributed by atoms with Gasteiger partial charge in [-0.25, -0.2) is 4.98 Å². The lowest BCUT2D eigenvalue weighted by Crippen LogP contribution is -2.13. The van der Waals surface area contributed by atoms with E-state index in [0.717, 1.165) is 0 Å². The van der Waals surface area contributed by atoms with Gasteiger partial charge in [-0.1, -0.05) is 0 Å². The molecule has 1 atom stereocenters. The Balaban J connectivity index is 2.72. The van der Waals surface area contributed by atoms with Gasteiger partial charge in [-0.15, -0.1) is 0 Å². The van der Waals surface area contributed by atoms with Gasteiger partial charge in [0.25, 0.3) is 0 Å². The van der Waals surface area contributed by atoms with Crippen molar-refractivity contribution in [3.63, 3.8) is 0 Å². The molecule has 1 aromatic rings. The highest BCUT2D eigenvalue weighted by Gasteiger charge is 2.06. The van der Waals surface area contributed by atoms with Gasteiger partial charge in [-0.2, -0.15) is 4.98 Å². The fraction of sp³-hybridized carbons (Fsp3) is 0.500. The first-order valence-corrected chi connectivity index (χ1v) is 6.44. The van der Waals surface area contributed by atoms with Gasteiger partial charge in [-0.3, -0.25) is 4.21 Å². The molecule has 84 valence electrons. The van der Waals surface area contributed by atoms with Crippen molar-refractivity contribution in [2.24, 2.45) is 0 Å². The largest absolute Gasteiger partial charge is 0.394 e. The quantitative estimate of drug-likeness (QED) is 0.771. The summed E-state index contributed by atoms with van der Waals surface area (Å²) in [6, 6.07) is 0. The second-order valence-corrected chi connectivity index (χ2v) is 4.94. The van der Waals surface area contributed by atoms with Crippen molar-refractivity contribution < 1.29 is 4.21 Å². The Bertz CT molecular complexity index is 385. The maximum absolute atomic E-state index is 10.8. The second kappa shape index (κ2) is 5.27. The number of aromatic nitrogens is 2. The van der Waals surface area contributed by atoms with E-state index in [0.29, 0.717) is 29.5 Å². The molecule has 0 bridgehead atoms. The molecule has 15 heavy (non-hydrogen) atoms. The molecule has 0 aliphatic rings. The molecule has 7 heteroatoms. The standard InChI is InChI=1S/C8H13ClN4OS/c1-5-6(10)7(13-8(9)12-5)11-3-4-15(2)14/h3-4,10H2,1-2H3,(H,11,12,13). The highest BCUT2D eigenvalue weighted by Crippen LogP contribution is 2.19. The van der Waals surface area contributed by atoms with Crippen LogP contribution in [-0.4, -0.2) is 32.7 Å². The fourth-order valence-electron chi connectivity index (χ4n) is 0.995. The highest BCUT2D eigenvalue weighted by atomic mass is 35.5. The number of nitrogens with zero attached hydrogens (tertiary/aromatic N) is 2. The lowest BCUT2D eigenvalue weighted by atomic mass is 10.3. The number of rotatable bonds is 4. The van der Waals surface area contributed by atoms with Crippen LogP contribution in [0.15, 0.2) is 0 Å². The summed E-state index contributed by atoms with van der Waals surface area (Å²) >= 11 is 5.69. The van der Waals surface area contributed by atoms with Gasteiger partial charge in [0.15, 0.2) is 5.82 Å². The Labute approximate surface area is 95.9 Å². The van der Waals surface area contributed by atoms with Gasteiger partial charge in [0.05, 0.1) is 11.4 Å². The minimum absolute atomic E-state index is 0.154. The maximum Gasteiger partial charge on any atom is 0.224 e. The Kier molecular flexibility index (Phi) is 4.28. The molecule has 3 N–H and O–H groups in total. The van der Waals surface area contributed by atoms with Crippen LogP contribution < -0.4 is 11.1 Å². The summed E-state index contributed by atoms with van der Waals surface area (Å²) < 4.78 is 10.8. The number of nitrogens with one attached hydrogen (secondary N) is 1. The minimum Gasteiger partial charge on any atom is -0.394 e. The summed E-state index contributed by atoms with van der Waals surface area (Å²) in [5, 5.41) is 3.13. The third kappa shape index (κ3) is 3.64. The average Bonchev–Trinajstić information content (AvgIpc) is 2.12. The van der Waals surface area contributed by atoms with E-state index < -0.39 is 10.8 Å². The van der Waals surface area contributed by atoms with Gasteiger partial charge >= 0.3 is 0 Å². The third-order valence-corrected chi connectivity index (χ3v) is 2.74. The summed E-state index contributed by atoms with van der Waals surface area (Å²) in [4.78, 5) is 7.86. The van der Waals surface area contributed by atoms with E-state index in [1.165, 1.54) is 0 Å². The van der Waals surface area contributed by atoms with Crippen molar-refractivity contribution in [1.82, 2.24) is 9.97 Å². The van der Waals surface area contributed by atoms with Crippen molar-refractivity contribution in [2.45, 2.75) is 6.92 Å². The Hall–Kier alpha value is -0.880. The summed E-state index contributed by atoms with van der Waals surface area (Å²) in [5.74, 6) is 1.04. The SMILES string of the molecule is Cc1nc(Cl)nc(NCCS(C)=O)c1N. The zero-order chi connectivity index (χ0) is 11.4. The van der Waals surface area contributed by atoms with Crippen LogP contribution in [0, 0.1) is 6.92 Å². The van der Waals surface area contributed by atoms with Crippen LogP contribution in [0.2, 0.25) is 5.28 Å². The Morgan fingerprint density at radius 3 is 2.80 bits per heavy atom. The third-order valence-electron chi connectivity index (χ3n) is 1.79. The molecule has 0 saturated heterocycles. The minimum atomic E-state index is -0.836. The first kappa shape index (κ1) is 12.2. The van der Waals surface area contributed by atoms with Crippen LogP contribution in [-0.2, 0) is 10.8 Å². The Morgan fingerprint density at radius 1 is 1.53 bits per heavy atom. The molecular weight excluding hydrogens is 236 g/mol. The number of hydrogen-bond acceptors (Lipinski definition) is 5. The van der Waals surface area contributed by atoms with Gasteiger partial charge in [0.2, 0.25) is 5.28 Å². The van der Waals surface area contributed by atoms with Crippen molar-refractivity contribution >= 4 is 33.9 Å². The number of hydrogen-bond donors (Lipinski definition) is 2. The molecule has 0 aliphatic heterocycles. The topological polar surface area (TPSA) is 80.9 Å². The molecule has 0 radical (unpaired) electrons. The zero-order valence-electron chi connectivity index (χ0n) is 8.58. The van der Waals surface area contributed by atoms with Crippen LogP contribution >= 0.6 is 11.6 Å². The van der Waals surface area contributed by atoms with E-state index >= 15 is 0 Å². The molecule has 0 fully saturated rings. The molecule has 0 aliphatic carbocycles. The molecule has 1 heterocycles. The first-order chi connectivity index (χ1) is 7.00. The molecule has 1 aromatic heterocycles. The average molecular weight is 249 g/mol. The van der Waals surface area contributed by atoms with Gasteiger partial charge < -0.3 is 11.1 Å². The Morgan fingerprint density at radius 2 is 2.20 bits per heavy atom. The molecule has 0 saturated carbocycles. The summed E-state index contributed by atoms with van der Waals surface area (Å²) in [5.41, 5.74) is 6.85. The summed E-state index contributed by atoms with van der Waals surface area (Å²) in [6.07, 6.45) is 1.64. The summed E-state index contributed by atoms with van der Waals surface area (Å²) in [6.45, 7) is 2.30. The van der Waals surface area contributed by atoms with E-state index in [-0.39, 0.29) is 5.28 Å². The van der Waals surface area contributed by atoms with Crippen LogP contribution in [0.1, 0.15) is 5.69 Å². The monoisotopic (exact) mass is 248 g/mol. The van der Waals surface area contributed by atoms with Crippen molar-refractivity contribution in [3.05, 3.63) is 11.0 Å². The van der Waals surface area contributed by atoms with Gasteiger partial charge in [0, 0.05) is 29.4 Å². The molecule has 1 unspecified atom stereocenters. The van der Waals surface area contributed by atoms with E-state index in [4.69, 9.17) is 17.3 Å². The predicted octanol–water partition coefficient (Wildman–Crippen LogP) is 0.811. The molecular formula is C8H13ClN4OS. The van der Waals surface area contributed by atoms with Crippen LogP contribution in [0.3, 0.4) is 0 Å². The van der Waals surface area contributed by atoms with E-state index in [9.17, 15) is 4.21 Å². The van der Waals surface area contributed by atoms with Gasteiger partial charge in [0.1, 0.15) is 0 Å². The highest BCUT2D eigenvalue weighted by molar-refractivity contribution is 7.84. The molecule has 1 rings (SSSR count). The summed E-state index contributed by atoms with van der Waals surface area (Å²) in [7, 11) is -0.836. The zero-order valence-corrected chi connectivity index (χ0v) is 10.2. The molecule has 0 aromatic carbocycles. The second-order valence-electron chi connectivity index (χ2n) is 3.04. The van der Waals surface area contributed by atoms with Crippen LogP contribution in [0.5, 0.6) is 0 Å². The van der Waals surface area contributed by atoms with Gasteiger partial charge in [-0.05, 0) is 18.5 Å². The van der Waals surface area contributed by atoms with Crippen molar-refractivity contribution in [2.75, 3.05) is 29.6 Å².